The predicted octanol–water partition coefficient (Wildman–Crippen LogP) is -5.09. The molecule has 0 aliphatic carbocycles. The molecule has 0 aromatic heterocycles. The van der Waals surface area contributed by atoms with E-state index in [2.05, 4.69) is 88.7 Å². The Morgan fingerprint density at radius 3 is 1.65 bits per heavy atom. The van der Waals surface area contributed by atoms with Crippen molar-refractivity contribution in [2.24, 2.45) is 39.8 Å². The first-order valence-corrected chi connectivity index (χ1v) is 36.3. The number of aliphatic imine (C=N–C) groups is 1. The number of nitrogens with zero attached hydrogens (tertiary/aromatic N) is 3. The molecule has 0 saturated carbocycles. The summed E-state index contributed by atoms with van der Waals surface area (Å²) in [5.41, 5.74) is 23.0. The van der Waals surface area contributed by atoms with Crippen molar-refractivity contribution in [3.63, 3.8) is 0 Å². The molecular formula is C66H110N18O17S2. The maximum atomic E-state index is 14.8. The number of likely N-dealkylation sites (tertiary alicyclic amines) is 2. The van der Waals surface area contributed by atoms with Crippen LogP contribution in [0.4, 0.5) is 0 Å². The van der Waals surface area contributed by atoms with E-state index < -0.39 is 192 Å². The number of carbonyl (C=O) groups excluding carboxylic acids is 13. The summed E-state index contributed by atoms with van der Waals surface area (Å²) in [5.74, 6) is -12.7. The summed E-state index contributed by atoms with van der Waals surface area (Å²) in [6.07, 6.45) is 1.03. The molecule has 2 aliphatic heterocycles. The van der Waals surface area contributed by atoms with Crippen LogP contribution in [-0.4, -0.2) is 249 Å². The first-order valence-electron chi connectivity index (χ1n) is 35.0. The number of aliphatic hydroxyl groups excluding tert-OH is 2. The Morgan fingerprint density at radius 2 is 1.07 bits per heavy atom. The van der Waals surface area contributed by atoms with Gasteiger partial charge in [-0.3, -0.25) is 67.3 Å². The molecule has 0 unspecified atom stereocenters. The van der Waals surface area contributed by atoms with Crippen LogP contribution in [-0.2, 0) is 73.5 Å². The van der Waals surface area contributed by atoms with Gasteiger partial charge in [0.25, 0.3) is 0 Å². The Hall–Kier alpha value is -8.39. The third kappa shape index (κ3) is 29.0. The van der Waals surface area contributed by atoms with Gasteiger partial charge in [-0.2, -0.15) is 25.3 Å². The molecule has 37 heteroatoms. The normalized spacial score (nSPS) is 18.2. The minimum absolute atomic E-state index is 0.00631. The fraction of sp³-hybridized carbons (Fsp3) is 0.682. The van der Waals surface area contributed by atoms with Gasteiger partial charge >= 0.3 is 5.97 Å². The highest BCUT2D eigenvalue weighted by Crippen LogP contribution is 2.28. The highest BCUT2D eigenvalue weighted by molar-refractivity contribution is 7.80. The van der Waals surface area contributed by atoms with Gasteiger partial charge in [0.1, 0.15) is 72.5 Å². The zero-order chi connectivity index (χ0) is 77.2. The molecule has 1 aromatic rings. The predicted molar refractivity (Wildman–Crippen MR) is 386 cm³/mol. The average Bonchev–Trinajstić information content (AvgIpc) is 1.68. The number of nitrogens with two attached hydrogens (primary N) is 4. The van der Waals surface area contributed by atoms with Crippen molar-refractivity contribution in [3.8, 4) is 0 Å². The zero-order valence-corrected chi connectivity index (χ0v) is 61.6. The van der Waals surface area contributed by atoms with Crippen molar-refractivity contribution >= 4 is 114 Å². The van der Waals surface area contributed by atoms with Gasteiger partial charge in [-0.05, 0) is 127 Å². The monoisotopic (exact) mass is 1490 g/mol. The number of nitrogens with one attached hydrogen (secondary N) is 11. The molecule has 2 heterocycles. The quantitative estimate of drug-likeness (QED) is 0.0126. The molecule has 103 heavy (non-hydrogen) atoms. The number of hydrogen-bond donors (Lipinski definition) is 20. The van der Waals surface area contributed by atoms with E-state index in [1.807, 2.05) is 0 Å². The second kappa shape index (κ2) is 45.7. The first kappa shape index (κ1) is 88.8. The summed E-state index contributed by atoms with van der Waals surface area (Å²) in [6.45, 7) is 9.60. The summed E-state index contributed by atoms with van der Waals surface area (Å²) >= 11 is 8.14. The fourth-order valence-corrected chi connectivity index (χ4v) is 11.9. The SMILES string of the molecule is CC[C@H](C)[C@H](NC(=O)[C@@H]1CCCN1C(=O)[C@@H]1CCCN1C(=O)[C@@H](NC(=O)[C@H](CO)NC(=O)[C@H](CCCCN)NC(=O)[C@@H](NC(=O)[C@H](C)NC(=O)[C@H](CCCN=C(N)N)NC(=O)CNC(=O)[C@@H](N)CCS)[C@@H](C)O)[C@@H](C)CC)C(=O)N[C@@H](C)C(=O)N[C@@H](Cc1ccccc1)C(=O)N[C@@H](CCS)C(=O)O. The average molecular weight is 1490 g/mol. The van der Waals surface area contributed by atoms with Crippen LogP contribution in [0.25, 0.3) is 0 Å². The molecule has 35 nitrogen and oxygen atoms in total. The molecule has 16 atom stereocenters. The molecule has 13 amide bonds. The van der Waals surface area contributed by atoms with Crippen LogP contribution in [0.2, 0.25) is 0 Å². The van der Waals surface area contributed by atoms with Crippen LogP contribution >= 0.6 is 25.3 Å². The van der Waals surface area contributed by atoms with Gasteiger partial charge in [0.05, 0.1) is 25.3 Å². The number of carboxylic acids is 1. The molecule has 578 valence electrons. The molecule has 22 N–H and O–H groups in total. The van der Waals surface area contributed by atoms with Crippen molar-refractivity contribution in [2.75, 3.05) is 50.8 Å². The number of carbonyl (C=O) groups is 14. The van der Waals surface area contributed by atoms with Gasteiger partial charge in [0.2, 0.25) is 76.8 Å². The Morgan fingerprint density at radius 1 is 0.563 bits per heavy atom. The third-order valence-corrected chi connectivity index (χ3v) is 18.5. The lowest BCUT2D eigenvalue weighted by Crippen LogP contribution is -2.62. The molecule has 0 spiro atoms. The molecular weight excluding hydrogens is 1380 g/mol. The Balaban J connectivity index is 1.76. The maximum absolute atomic E-state index is 14.8. The van der Waals surface area contributed by atoms with Gasteiger partial charge < -0.3 is 107 Å². The lowest BCUT2D eigenvalue weighted by atomic mass is 9.96. The number of rotatable bonds is 45. The second-order valence-electron chi connectivity index (χ2n) is 26.0. The molecule has 3 rings (SSSR count). The van der Waals surface area contributed by atoms with Crippen molar-refractivity contribution in [1.29, 1.82) is 0 Å². The van der Waals surface area contributed by atoms with Gasteiger partial charge in [-0.15, -0.1) is 0 Å². The highest BCUT2D eigenvalue weighted by atomic mass is 32.1. The van der Waals surface area contributed by atoms with Crippen molar-refractivity contribution in [3.05, 3.63) is 35.9 Å². The smallest absolute Gasteiger partial charge is 0.326 e. The summed E-state index contributed by atoms with van der Waals surface area (Å²) in [7, 11) is 0. The number of guanidine groups is 1. The van der Waals surface area contributed by atoms with Crippen LogP contribution < -0.4 is 81.4 Å². The number of benzene rings is 1. The van der Waals surface area contributed by atoms with E-state index in [0.717, 1.165) is 0 Å². The van der Waals surface area contributed by atoms with Crippen molar-refractivity contribution in [1.82, 2.24) is 68.3 Å². The van der Waals surface area contributed by atoms with Crippen molar-refractivity contribution < 1.29 is 82.4 Å². The van der Waals surface area contributed by atoms with Crippen LogP contribution in [0.15, 0.2) is 35.3 Å². The summed E-state index contributed by atoms with van der Waals surface area (Å²) in [4.78, 5) is 198. The van der Waals surface area contributed by atoms with E-state index in [0.29, 0.717) is 43.4 Å². The molecule has 2 aliphatic rings. The largest absolute Gasteiger partial charge is 0.480 e. The number of aliphatic hydroxyl groups is 2. The van der Waals surface area contributed by atoms with E-state index >= 15 is 0 Å². The van der Waals surface area contributed by atoms with Crippen molar-refractivity contribution in [2.45, 2.75) is 223 Å². The number of carboxylic acid groups (broad SMARTS) is 1. The molecule has 1 aromatic carbocycles. The van der Waals surface area contributed by atoms with E-state index in [1.54, 1.807) is 58.0 Å². The van der Waals surface area contributed by atoms with Gasteiger partial charge in [-0.1, -0.05) is 70.9 Å². The van der Waals surface area contributed by atoms with Gasteiger partial charge in [-0.25, -0.2) is 4.79 Å². The number of hydrogen-bond acceptors (Lipinski definition) is 21. The number of unbranched alkanes of at least 4 members (excludes halogenated alkanes) is 1. The Kier molecular flexibility index (Phi) is 39.4. The molecule has 0 radical (unpaired) electrons. The van der Waals surface area contributed by atoms with Crippen LogP contribution in [0.5, 0.6) is 0 Å². The van der Waals surface area contributed by atoms with E-state index in [1.165, 1.54) is 30.6 Å². The van der Waals surface area contributed by atoms with Crippen LogP contribution in [0, 0.1) is 11.8 Å². The standard InChI is InChI=1S/C66H110N18O17S2/c1-8-35(3)50(61(96)74-37(5)53(88)78-45(32-40-18-11-10-12-19-40)58(93)77-44(25-31-103)65(100)101)80-60(95)47-22-16-28-83(47)63(98)48-23-17-29-84(48)64(99)51(36(4)9-2)81-59(94)46(34-85)79-57(92)43(20-13-14-26-67)76-62(97)52(39(7)86)82-54(89)38(6)73-56(91)42(21-15-27-71-66(69)70)75-49(87)33-72-55(90)41(68)24-30-102/h10-12,18-19,35-39,41-48,50-52,85-86,102-103H,8-9,13-17,20-34,67-68H2,1-7H3,(H,72,90)(H,73,91)(H,74,96)(H,75,87)(H,76,97)(H,77,93)(H,78,88)(H,79,92)(H,80,95)(H,81,94)(H,82,89)(H,100,101)(H4,69,70,71)/t35-,36-,37-,38-,39+,41-,42-,43-,44-,45-,46-,47-,48-,50-,51-,52-/m0/s1. The third-order valence-electron chi connectivity index (χ3n) is 17.9. The minimum atomic E-state index is -1.76. The summed E-state index contributed by atoms with van der Waals surface area (Å²) in [5, 5.41) is 58.9. The van der Waals surface area contributed by atoms with Crippen LogP contribution in [0.3, 0.4) is 0 Å². The van der Waals surface area contributed by atoms with Gasteiger partial charge in [0, 0.05) is 26.1 Å². The summed E-state index contributed by atoms with van der Waals surface area (Å²) < 4.78 is 0. The van der Waals surface area contributed by atoms with Gasteiger partial charge in [0.15, 0.2) is 5.96 Å². The topological polar surface area (TPSA) is 555 Å². The second-order valence-corrected chi connectivity index (χ2v) is 26.9. The van der Waals surface area contributed by atoms with E-state index in [-0.39, 0.29) is 95.7 Å². The van der Waals surface area contributed by atoms with E-state index in [9.17, 15) is 82.4 Å². The Bertz CT molecular complexity index is 3060. The molecule has 0 bridgehead atoms. The number of thiol groups is 2. The molecule has 2 saturated heterocycles. The minimum Gasteiger partial charge on any atom is -0.480 e. The summed E-state index contributed by atoms with van der Waals surface area (Å²) in [6, 6.07) is -8.53. The molecule has 2 fully saturated rings. The van der Waals surface area contributed by atoms with E-state index in [4.69, 9.17) is 22.9 Å². The maximum Gasteiger partial charge on any atom is 0.326 e. The lowest BCUT2D eigenvalue weighted by Gasteiger charge is -2.35. The fourth-order valence-electron chi connectivity index (χ4n) is 11.4. The number of amides is 13. The zero-order valence-electron chi connectivity index (χ0n) is 59.8. The van der Waals surface area contributed by atoms with Crippen LogP contribution in [0.1, 0.15) is 138 Å². The lowest BCUT2D eigenvalue weighted by molar-refractivity contribution is -0.149. The number of aliphatic carboxylic acids is 1. The highest BCUT2D eigenvalue weighted by Gasteiger charge is 2.46. The first-order chi connectivity index (χ1) is 48.8. The Labute approximate surface area is 611 Å².